The maximum absolute atomic E-state index is 5.87. The summed E-state index contributed by atoms with van der Waals surface area (Å²) in [5.74, 6) is 6.64. The fourth-order valence-corrected chi connectivity index (χ4v) is 4.05. The van der Waals surface area contributed by atoms with Gasteiger partial charge in [0.25, 0.3) is 0 Å². The first kappa shape index (κ1) is 21.8. The summed E-state index contributed by atoms with van der Waals surface area (Å²) in [6.07, 6.45) is 11.7. The number of terminal acetylenes is 1. The Hall–Kier alpha value is -4.02. The Morgan fingerprint density at radius 3 is 2.56 bits per heavy atom. The zero-order valence-corrected chi connectivity index (χ0v) is 19.2. The molecule has 4 aromatic rings. The summed E-state index contributed by atoms with van der Waals surface area (Å²) in [5, 5.41) is 7.63. The maximum Gasteiger partial charge on any atom is 0.207 e. The summed E-state index contributed by atoms with van der Waals surface area (Å²) in [6, 6.07) is 14.5. The van der Waals surface area contributed by atoms with Crippen molar-refractivity contribution in [2.24, 2.45) is 5.92 Å². The molecule has 2 atom stereocenters. The number of anilines is 2. The van der Waals surface area contributed by atoms with E-state index >= 15 is 0 Å². The largest absolute Gasteiger partial charge is 0.454 e. The van der Waals surface area contributed by atoms with Crippen molar-refractivity contribution in [2.75, 3.05) is 11.9 Å². The fraction of sp³-hybridized carbons (Fsp3) is 0.259. The third kappa shape index (κ3) is 4.98. The summed E-state index contributed by atoms with van der Waals surface area (Å²) in [6.45, 7) is 5.09. The van der Waals surface area contributed by atoms with Gasteiger partial charge in [0, 0.05) is 17.1 Å². The normalized spacial score (nSPS) is 17.8. The van der Waals surface area contributed by atoms with Crippen molar-refractivity contribution in [1.29, 1.82) is 0 Å². The Kier molecular flexibility index (Phi) is 6.07. The molecule has 0 spiro atoms. The van der Waals surface area contributed by atoms with E-state index in [1.54, 1.807) is 12.4 Å². The van der Waals surface area contributed by atoms with Crippen LogP contribution in [0.25, 0.3) is 10.9 Å². The Morgan fingerprint density at radius 1 is 1.09 bits per heavy atom. The molecule has 1 aliphatic carbocycles. The maximum atomic E-state index is 5.87. The van der Waals surface area contributed by atoms with Crippen LogP contribution in [0.1, 0.15) is 30.1 Å². The number of hydrogen-bond acceptors (Lipinski definition) is 7. The van der Waals surface area contributed by atoms with Crippen molar-refractivity contribution in [3.63, 3.8) is 0 Å². The highest BCUT2D eigenvalue weighted by atomic mass is 16.5. The average molecular weight is 451 g/mol. The van der Waals surface area contributed by atoms with Gasteiger partial charge in [-0.25, -0.2) is 19.9 Å². The molecule has 2 aliphatic rings. The second-order valence-electron chi connectivity index (χ2n) is 8.58. The Bertz CT molecular complexity index is 1350. The van der Waals surface area contributed by atoms with Crippen LogP contribution in [-0.2, 0) is 0 Å². The molecule has 2 aromatic carbocycles. The number of ether oxygens (including phenoxy) is 1. The lowest BCUT2D eigenvalue weighted by Crippen LogP contribution is -2.10. The number of aromatic nitrogens is 4. The molecule has 2 aromatic heterocycles. The Morgan fingerprint density at radius 2 is 1.91 bits per heavy atom. The second kappa shape index (κ2) is 9.46. The third-order valence-electron chi connectivity index (χ3n) is 6.00. The predicted molar refractivity (Wildman–Crippen MR) is 133 cm³/mol. The number of benzene rings is 2. The van der Waals surface area contributed by atoms with Crippen molar-refractivity contribution >= 4 is 22.4 Å². The van der Waals surface area contributed by atoms with E-state index in [4.69, 9.17) is 11.2 Å². The number of para-hydroxylation sites is 1. The molecule has 2 fully saturated rings. The number of rotatable bonds is 4. The molecule has 1 saturated carbocycles. The van der Waals surface area contributed by atoms with Crippen LogP contribution in [0.15, 0.2) is 54.9 Å². The highest BCUT2D eigenvalue weighted by Gasteiger charge is 2.40. The molecule has 0 bridgehead atoms. The van der Waals surface area contributed by atoms with Gasteiger partial charge in [-0.1, -0.05) is 12.1 Å². The highest BCUT2D eigenvalue weighted by Crippen LogP contribution is 2.37. The first-order valence-corrected chi connectivity index (χ1v) is 11.4. The monoisotopic (exact) mass is 450 g/mol. The van der Waals surface area contributed by atoms with E-state index in [-0.39, 0.29) is 0 Å². The Balaban J connectivity index is 0.000000343. The topological polar surface area (TPSA) is 84.9 Å². The van der Waals surface area contributed by atoms with Gasteiger partial charge >= 0.3 is 0 Å². The molecular formula is C27H26N6O. The molecule has 3 heterocycles. The van der Waals surface area contributed by atoms with E-state index in [0.717, 1.165) is 39.9 Å². The van der Waals surface area contributed by atoms with E-state index in [1.165, 1.54) is 19.4 Å². The van der Waals surface area contributed by atoms with E-state index in [2.05, 4.69) is 36.5 Å². The number of aryl methyl sites for hydroxylation is 2. The number of piperidine rings is 1. The SMILES string of the molecule is C#Cc1nc(Nc2ccc(Oc3cnc(C)nc3)c(C)c2)c2ccccc2n1.C1CC2CC2N1. The van der Waals surface area contributed by atoms with E-state index < -0.39 is 0 Å². The summed E-state index contributed by atoms with van der Waals surface area (Å²) in [5.41, 5.74) is 2.63. The van der Waals surface area contributed by atoms with Gasteiger partial charge in [-0.3, -0.25) is 0 Å². The molecule has 2 unspecified atom stereocenters. The first-order chi connectivity index (χ1) is 16.6. The zero-order valence-electron chi connectivity index (χ0n) is 19.2. The number of nitrogens with one attached hydrogen (secondary N) is 2. The van der Waals surface area contributed by atoms with Crippen LogP contribution < -0.4 is 15.4 Å². The van der Waals surface area contributed by atoms with Crippen LogP contribution in [0.4, 0.5) is 11.5 Å². The van der Waals surface area contributed by atoms with E-state index in [1.807, 2.05) is 56.3 Å². The Labute approximate surface area is 199 Å². The lowest BCUT2D eigenvalue weighted by atomic mass is 10.2. The van der Waals surface area contributed by atoms with Gasteiger partial charge in [-0.15, -0.1) is 6.42 Å². The quantitative estimate of drug-likeness (QED) is 0.427. The lowest BCUT2D eigenvalue weighted by Gasteiger charge is -2.12. The molecule has 7 nitrogen and oxygen atoms in total. The van der Waals surface area contributed by atoms with Gasteiger partial charge in [-0.2, -0.15) is 0 Å². The van der Waals surface area contributed by atoms with Crippen molar-refractivity contribution in [3.8, 4) is 23.8 Å². The molecule has 6 rings (SSSR count). The number of fused-ring (bicyclic) bond motifs is 2. The van der Waals surface area contributed by atoms with Crippen LogP contribution in [0, 0.1) is 32.1 Å². The van der Waals surface area contributed by atoms with Crippen LogP contribution in [-0.4, -0.2) is 32.5 Å². The minimum absolute atomic E-state index is 0.345. The summed E-state index contributed by atoms with van der Waals surface area (Å²) in [7, 11) is 0. The molecular weight excluding hydrogens is 424 g/mol. The summed E-state index contributed by atoms with van der Waals surface area (Å²) in [4.78, 5) is 17.1. The van der Waals surface area contributed by atoms with Crippen molar-refractivity contribution in [1.82, 2.24) is 25.3 Å². The van der Waals surface area contributed by atoms with Gasteiger partial charge < -0.3 is 15.4 Å². The molecule has 170 valence electrons. The standard InChI is InChI=1S/C22H17N5O.C5H9N/c1-4-21-26-19-8-6-5-7-18(19)22(27-21)25-16-9-10-20(14(2)11-16)28-17-12-23-15(3)24-13-17;1-2-6-5-3-4(1)5/h1,5-13H,2-3H3,(H,25,26,27);4-6H,1-3H2. The lowest BCUT2D eigenvalue weighted by molar-refractivity contribution is 0.473. The van der Waals surface area contributed by atoms with Gasteiger partial charge in [0.1, 0.15) is 17.4 Å². The minimum Gasteiger partial charge on any atom is -0.454 e. The zero-order chi connectivity index (χ0) is 23.5. The van der Waals surface area contributed by atoms with E-state index in [0.29, 0.717) is 23.2 Å². The highest BCUT2D eigenvalue weighted by molar-refractivity contribution is 5.91. The van der Waals surface area contributed by atoms with E-state index in [9.17, 15) is 0 Å². The first-order valence-electron chi connectivity index (χ1n) is 11.4. The molecule has 1 saturated heterocycles. The fourth-order valence-electron chi connectivity index (χ4n) is 4.05. The summed E-state index contributed by atoms with van der Waals surface area (Å²) >= 11 is 0. The number of nitrogens with zero attached hydrogens (tertiary/aromatic N) is 4. The van der Waals surface area contributed by atoms with Crippen molar-refractivity contribution in [2.45, 2.75) is 32.7 Å². The van der Waals surface area contributed by atoms with Gasteiger partial charge in [0.05, 0.1) is 17.9 Å². The molecule has 1 aliphatic heterocycles. The summed E-state index contributed by atoms with van der Waals surface area (Å²) < 4.78 is 5.87. The third-order valence-corrected chi connectivity index (χ3v) is 6.00. The number of hydrogen-bond donors (Lipinski definition) is 2. The van der Waals surface area contributed by atoms with Crippen LogP contribution >= 0.6 is 0 Å². The molecule has 0 amide bonds. The van der Waals surface area contributed by atoms with Crippen LogP contribution in [0.5, 0.6) is 11.5 Å². The average Bonchev–Trinajstić information content (AvgIpc) is 3.46. The van der Waals surface area contributed by atoms with Crippen molar-refractivity contribution in [3.05, 3.63) is 72.1 Å². The second-order valence-corrected chi connectivity index (χ2v) is 8.58. The minimum atomic E-state index is 0.345. The van der Waals surface area contributed by atoms with Gasteiger partial charge in [0.2, 0.25) is 5.82 Å². The predicted octanol–water partition coefficient (Wildman–Crippen LogP) is 4.92. The smallest absolute Gasteiger partial charge is 0.207 e. The van der Waals surface area contributed by atoms with Crippen LogP contribution in [0.3, 0.4) is 0 Å². The van der Waals surface area contributed by atoms with Gasteiger partial charge in [-0.05, 0) is 81.0 Å². The molecule has 0 radical (unpaired) electrons. The molecule has 7 heteroatoms. The molecule has 2 N–H and O–H groups in total. The van der Waals surface area contributed by atoms with Crippen molar-refractivity contribution < 1.29 is 4.74 Å². The molecule has 34 heavy (non-hydrogen) atoms. The van der Waals surface area contributed by atoms with Gasteiger partial charge in [0.15, 0.2) is 5.75 Å². The van der Waals surface area contributed by atoms with Crippen LogP contribution in [0.2, 0.25) is 0 Å².